The van der Waals surface area contributed by atoms with Crippen LogP contribution in [0.2, 0.25) is 0 Å². The van der Waals surface area contributed by atoms with Gasteiger partial charge in [-0.1, -0.05) is 5.92 Å². The van der Waals surface area contributed by atoms with Gasteiger partial charge in [0.05, 0.1) is 7.11 Å². The Bertz CT molecular complexity index is 428. The van der Waals surface area contributed by atoms with Crippen molar-refractivity contribution in [1.82, 2.24) is 0 Å². The standard InChI is InChI=1S/C15H20N2O2/c1-18-14-4-6-15(7-5-14)19-13-3-2-10-17-11-8-16-9-12-17/h4-7,16H,8-13H2,1H3/p+2. The van der Waals surface area contributed by atoms with E-state index in [4.69, 9.17) is 9.47 Å². The van der Waals surface area contributed by atoms with Gasteiger partial charge in [0.2, 0.25) is 0 Å². The third-order valence-corrected chi connectivity index (χ3v) is 3.24. The van der Waals surface area contributed by atoms with E-state index in [0.717, 1.165) is 18.0 Å². The molecule has 2 rings (SSSR count). The third-order valence-electron chi connectivity index (χ3n) is 3.24. The molecule has 0 spiro atoms. The molecule has 3 N–H and O–H groups in total. The second-order valence-corrected chi connectivity index (χ2v) is 4.61. The van der Waals surface area contributed by atoms with Crippen molar-refractivity contribution in [3.63, 3.8) is 0 Å². The van der Waals surface area contributed by atoms with E-state index in [2.05, 4.69) is 17.2 Å². The number of benzene rings is 1. The summed E-state index contributed by atoms with van der Waals surface area (Å²) in [4.78, 5) is 1.58. The maximum absolute atomic E-state index is 5.55. The van der Waals surface area contributed by atoms with Crippen molar-refractivity contribution >= 4 is 0 Å². The molecule has 0 unspecified atom stereocenters. The summed E-state index contributed by atoms with van der Waals surface area (Å²) in [5, 5.41) is 2.36. The van der Waals surface area contributed by atoms with Crippen LogP contribution in [0.1, 0.15) is 0 Å². The summed E-state index contributed by atoms with van der Waals surface area (Å²) in [5.41, 5.74) is 0. The molecule has 1 saturated heterocycles. The molecule has 0 aromatic heterocycles. The van der Waals surface area contributed by atoms with E-state index in [1.165, 1.54) is 26.2 Å². The minimum absolute atomic E-state index is 0.450. The fourth-order valence-corrected chi connectivity index (χ4v) is 2.09. The fraction of sp³-hybridized carbons (Fsp3) is 0.467. The average molecular weight is 262 g/mol. The van der Waals surface area contributed by atoms with Crippen LogP contribution < -0.4 is 19.7 Å². The Morgan fingerprint density at radius 1 is 1.11 bits per heavy atom. The fourth-order valence-electron chi connectivity index (χ4n) is 2.09. The first-order valence-corrected chi connectivity index (χ1v) is 6.76. The first kappa shape index (κ1) is 13.7. The van der Waals surface area contributed by atoms with Crippen LogP contribution in [0.4, 0.5) is 0 Å². The summed E-state index contributed by atoms with van der Waals surface area (Å²) in [5.74, 6) is 7.94. The number of ether oxygens (including phenoxy) is 2. The number of nitrogens with one attached hydrogen (secondary N) is 1. The Balaban J connectivity index is 1.67. The lowest BCUT2D eigenvalue weighted by Crippen LogP contribution is -3.20. The molecule has 1 fully saturated rings. The number of methoxy groups -OCH3 is 1. The van der Waals surface area contributed by atoms with Crippen LogP contribution >= 0.6 is 0 Å². The van der Waals surface area contributed by atoms with Crippen LogP contribution in [0, 0.1) is 11.8 Å². The van der Waals surface area contributed by atoms with Crippen LogP contribution in [0.5, 0.6) is 11.5 Å². The predicted molar refractivity (Wildman–Crippen MR) is 73.5 cm³/mol. The number of nitrogens with two attached hydrogens (primary N) is 1. The van der Waals surface area contributed by atoms with E-state index in [1.807, 2.05) is 24.3 Å². The minimum Gasteiger partial charge on any atom is -0.497 e. The summed E-state index contributed by atoms with van der Waals surface area (Å²) in [7, 11) is 1.65. The van der Waals surface area contributed by atoms with Crippen molar-refractivity contribution in [2.75, 3.05) is 46.4 Å². The van der Waals surface area contributed by atoms with Crippen LogP contribution in [0.25, 0.3) is 0 Å². The molecule has 1 aliphatic rings. The van der Waals surface area contributed by atoms with Gasteiger partial charge in [0, 0.05) is 0 Å². The molecule has 0 aliphatic carbocycles. The van der Waals surface area contributed by atoms with Crippen molar-refractivity contribution in [3.8, 4) is 23.3 Å². The van der Waals surface area contributed by atoms with E-state index in [9.17, 15) is 0 Å². The molecule has 1 aromatic rings. The van der Waals surface area contributed by atoms with E-state index < -0.39 is 0 Å². The van der Waals surface area contributed by atoms with Gasteiger partial charge in [-0.05, 0) is 30.2 Å². The lowest BCUT2D eigenvalue weighted by atomic mass is 10.3. The monoisotopic (exact) mass is 262 g/mol. The average Bonchev–Trinajstić information content (AvgIpc) is 2.49. The molecule has 19 heavy (non-hydrogen) atoms. The van der Waals surface area contributed by atoms with Crippen molar-refractivity contribution < 1.29 is 19.7 Å². The van der Waals surface area contributed by atoms with E-state index in [1.54, 1.807) is 12.0 Å². The Morgan fingerprint density at radius 2 is 1.79 bits per heavy atom. The van der Waals surface area contributed by atoms with Crippen molar-refractivity contribution in [1.29, 1.82) is 0 Å². The highest BCUT2D eigenvalue weighted by molar-refractivity contribution is 5.31. The molecule has 0 saturated carbocycles. The van der Waals surface area contributed by atoms with Crippen LogP contribution in [-0.4, -0.2) is 46.4 Å². The Kier molecular flexibility index (Phi) is 5.54. The molecule has 1 heterocycles. The first-order valence-electron chi connectivity index (χ1n) is 6.76. The molecule has 0 amide bonds. The highest BCUT2D eigenvalue weighted by atomic mass is 16.5. The summed E-state index contributed by atoms with van der Waals surface area (Å²) in [6, 6.07) is 7.56. The number of hydrogen-bond acceptors (Lipinski definition) is 2. The van der Waals surface area contributed by atoms with Crippen LogP contribution in [-0.2, 0) is 0 Å². The summed E-state index contributed by atoms with van der Waals surface area (Å²) >= 11 is 0. The van der Waals surface area contributed by atoms with Gasteiger partial charge in [0.1, 0.15) is 50.8 Å². The van der Waals surface area contributed by atoms with Crippen molar-refractivity contribution in [3.05, 3.63) is 24.3 Å². The number of piperazine rings is 1. The van der Waals surface area contributed by atoms with E-state index in [-0.39, 0.29) is 0 Å². The lowest BCUT2D eigenvalue weighted by Gasteiger charge is -2.19. The largest absolute Gasteiger partial charge is 0.497 e. The molecule has 4 nitrogen and oxygen atoms in total. The summed E-state index contributed by atoms with van der Waals surface area (Å²) < 4.78 is 10.6. The van der Waals surface area contributed by atoms with Gasteiger partial charge in [-0.2, -0.15) is 0 Å². The number of rotatable bonds is 4. The molecule has 0 radical (unpaired) electrons. The van der Waals surface area contributed by atoms with E-state index in [0.29, 0.717) is 6.61 Å². The third kappa shape index (κ3) is 4.82. The zero-order valence-corrected chi connectivity index (χ0v) is 11.4. The lowest BCUT2D eigenvalue weighted by molar-refractivity contribution is -0.941. The second-order valence-electron chi connectivity index (χ2n) is 4.61. The van der Waals surface area contributed by atoms with Crippen LogP contribution in [0.3, 0.4) is 0 Å². The van der Waals surface area contributed by atoms with E-state index >= 15 is 0 Å². The number of quaternary nitrogens is 2. The Hall–Kier alpha value is -1.70. The molecule has 1 aliphatic heterocycles. The SMILES string of the molecule is COc1ccc(OCC#CC[NH+]2CC[NH2+]CC2)cc1. The second kappa shape index (κ2) is 7.67. The molecule has 0 atom stereocenters. The van der Waals surface area contributed by atoms with Crippen molar-refractivity contribution in [2.45, 2.75) is 0 Å². The van der Waals surface area contributed by atoms with Gasteiger partial charge >= 0.3 is 0 Å². The van der Waals surface area contributed by atoms with Gasteiger partial charge in [-0.15, -0.1) is 0 Å². The molecular weight excluding hydrogens is 240 g/mol. The summed E-state index contributed by atoms with van der Waals surface area (Å²) in [6.07, 6.45) is 0. The Morgan fingerprint density at radius 3 is 2.47 bits per heavy atom. The maximum atomic E-state index is 5.55. The van der Waals surface area contributed by atoms with Crippen molar-refractivity contribution in [2.24, 2.45) is 0 Å². The zero-order valence-electron chi connectivity index (χ0n) is 11.4. The first-order chi connectivity index (χ1) is 9.38. The molecule has 0 bridgehead atoms. The highest BCUT2D eigenvalue weighted by Crippen LogP contribution is 2.16. The molecule has 1 aromatic carbocycles. The van der Waals surface area contributed by atoms with Gasteiger partial charge in [0.25, 0.3) is 0 Å². The highest BCUT2D eigenvalue weighted by Gasteiger charge is 2.12. The Labute approximate surface area is 114 Å². The maximum Gasteiger partial charge on any atom is 0.149 e. The predicted octanol–water partition coefficient (Wildman–Crippen LogP) is -1.46. The van der Waals surface area contributed by atoms with Gasteiger partial charge in [-0.3, -0.25) is 0 Å². The molecular formula is C15H22N2O2+2. The van der Waals surface area contributed by atoms with Crippen LogP contribution in [0.15, 0.2) is 24.3 Å². The quantitative estimate of drug-likeness (QED) is 0.651. The summed E-state index contributed by atoms with van der Waals surface area (Å²) in [6.45, 7) is 6.26. The minimum atomic E-state index is 0.450. The molecule has 4 heteroatoms. The van der Waals surface area contributed by atoms with Gasteiger partial charge in [0.15, 0.2) is 0 Å². The molecule has 102 valence electrons. The van der Waals surface area contributed by atoms with Gasteiger partial charge in [-0.25, -0.2) is 0 Å². The smallest absolute Gasteiger partial charge is 0.149 e. The zero-order chi connectivity index (χ0) is 13.3. The van der Waals surface area contributed by atoms with Gasteiger partial charge < -0.3 is 19.7 Å². The normalized spacial score (nSPS) is 15.4. The topological polar surface area (TPSA) is 39.5 Å². The number of hydrogen-bond donors (Lipinski definition) is 2.